The highest BCUT2D eigenvalue weighted by molar-refractivity contribution is 5.83. The zero-order valence-electron chi connectivity index (χ0n) is 16.4. The molecule has 4 rings (SSSR count). The number of carbonyl (C=O) groups is 2. The van der Waals surface area contributed by atoms with E-state index in [-0.39, 0.29) is 23.7 Å². The SMILES string of the molecule is O=C(NCc1ccccc1CN1CCCC1=O)C1CC1c1ccc(C(F)(F)F)cc1. The summed E-state index contributed by atoms with van der Waals surface area (Å²) in [6.45, 7) is 1.67. The van der Waals surface area contributed by atoms with Crippen molar-refractivity contribution in [1.82, 2.24) is 10.2 Å². The molecule has 1 aliphatic heterocycles. The largest absolute Gasteiger partial charge is 0.416 e. The predicted octanol–water partition coefficient (Wildman–Crippen LogP) is 4.25. The average molecular weight is 416 g/mol. The molecule has 4 nitrogen and oxygen atoms in total. The van der Waals surface area contributed by atoms with Gasteiger partial charge in [0.05, 0.1) is 5.56 Å². The van der Waals surface area contributed by atoms with Crippen molar-refractivity contribution < 1.29 is 22.8 Å². The lowest BCUT2D eigenvalue weighted by molar-refractivity contribution is -0.137. The van der Waals surface area contributed by atoms with Crippen LogP contribution in [-0.4, -0.2) is 23.3 Å². The van der Waals surface area contributed by atoms with Gasteiger partial charge in [0.1, 0.15) is 0 Å². The van der Waals surface area contributed by atoms with Crippen LogP contribution in [0.3, 0.4) is 0 Å². The van der Waals surface area contributed by atoms with Gasteiger partial charge >= 0.3 is 6.18 Å². The van der Waals surface area contributed by atoms with Crippen LogP contribution in [0.15, 0.2) is 48.5 Å². The van der Waals surface area contributed by atoms with Crippen LogP contribution in [0.2, 0.25) is 0 Å². The van der Waals surface area contributed by atoms with Crippen LogP contribution < -0.4 is 5.32 Å². The van der Waals surface area contributed by atoms with Gasteiger partial charge < -0.3 is 10.2 Å². The minimum absolute atomic E-state index is 0.0373. The second-order valence-electron chi connectivity index (χ2n) is 7.97. The van der Waals surface area contributed by atoms with E-state index in [2.05, 4.69) is 5.32 Å². The standard InChI is InChI=1S/C23H23F3N2O2/c24-23(25,26)18-9-7-15(8-10-18)19-12-20(19)22(30)27-13-16-4-1-2-5-17(16)14-28-11-3-6-21(28)29/h1-2,4-5,7-10,19-20H,3,6,11-14H2,(H,27,30). The minimum atomic E-state index is -4.36. The van der Waals surface area contributed by atoms with E-state index in [1.54, 1.807) is 0 Å². The van der Waals surface area contributed by atoms with Gasteiger partial charge in [0.15, 0.2) is 0 Å². The number of carbonyl (C=O) groups excluding carboxylic acids is 2. The molecule has 0 spiro atoms. The Hall–Kier alpha value is -2.83. The Morgan fingerprint density at radius 2 is 1.77 bits per heavy atom. The Labute approximate surface area is 173 Å². The molecule has 158 valence electrons. The molecular formula is C23H23F3N2O2. The molecule has 1 heterocycles. The van der Waals surface area contributed by atoms with Gasteiger partial charge in [-0.1, -0.05) is 36.4 Å². The molecule has 2 aromatic carbocycles. The van der Waals surface area contributed by atoms with E-state index < -0.39 is 11.7 Å². The Balaban J connectivity index is 1.33. The maximum absolute atomic E-state index is 12.7. The van der Waals surface area contributed by atoms with Gasteiger partial charge in [-0.3, -0.25) is 9.59 Å². The lowest BCUT2D eigenvalue weighted by Crippen LogP contribution is -2.27. The van der Waals surface area contributed by atoms with Crippen LogP contribution in [0.1, 0.15) is 47.4 Å². The summed E-state index contributed by atoms with van der Waals surface area (Å²) >= 11 is 0. The van der Waals surface area contributed by atoms with Crippen LogP contribution in [0.5, 0.6) is 0 Å². The second kappa shape index (κ2) is 8.13. The summed E-state index contributed by atoms with van der Waals surface area (Å²) in [5.74, 6) is -0.183. The van der Waals surface area contributed by atoms with E-state index in [0.717, 1.165) is 41.8 Å². The molecule has 2 unspecified atom stereocenters. The highest BCUT2D eigenvalue weighted by atomic mass is 19.4. The Kier molecular flexibility index (Phi) is 5.54. The summed E-state index contributed by atoms with van der Waals surface area (Å²) in [4.78, 5) is 26.3. The van der Waals surface area contributed by atoms with Crippen LogP contribution in [0, 0.1) is 5.92 Å². The number of rotatable bonds is 6. The number of hydrogen-bond acceptors (Lipinski definition) is 2. The lowest BCUT2D eigenvalue weighted by atomic mass is 10.1. The summed E-state index contributed by atoms with van der Waals surface area (Å²) in [5, 5.41) is 2.95. The molecule has 2 atom stereocenters. The van der Waals surface area contributed by atoms with E-state index in [9.17, 15) is 22.8 Å². The molecule has 1 saturated heterocycles. The van der Waals surface area contributed by atoms with Gasteiger partial charge in [-0.15, -0.1) is 0 Å². The number of amides is 2. The second-order valence-corrected chi connectivity index (χ2v) is 7.97. The molecule has 2 fully saturated rings. The first-order valence-corrected chi connectivity index (χ1v) is 10.1. The summed E-state index contributed by atoms with van der Waals surface area (Å²) < 4.78 is 38.1. The number of hydrogen-bond donors (Lipinski definition) is 1. The van der Waals surface area contributed by atoms with Crippen molar-refractivity contribution >= 4 is 11.8 Å². The monoisotopic (exact) mass is 416 g/mol. The molecular weight excluding hydrogens is 393 g/mol. The summed E-state index contributed by atoms with van der Waals surface area (Å²) in [6, 6.07) is 12.8. The molecule has 30 heavy (non-hydrogen) atoms. The van der Waals surface area contributed by atoms with Crippen molar-refractivity contribution in [3.8, 4) is 0 Å². The first-order valence-electron chi connectivity index (χ1n) is 10.1. The molecule has 1 N–H and O–H groups in total. The quantitative estimate of drug-likeness (QED) is 0.766. The maximum atomic E-state index is 12.7. The highest BCUT2D eigenvalue weighted by Gasteiger charge is 2.44. The van der Waals surface area contributed by atoms with Crippen LogP contribution in [-0.2, 0) is 28.9 Å². The summed E-state index contributed by atoms with van der Waals surface area (Å²) in [5.41, 5.74) is 2.07. The Morgan fingerprint density at radius 3 is 2.40 bits per heavy atom. The van der Waals surface area contributed by atoms with Crippen molar-refractivity contribution in [1.29, 1.82) is 0 Å². The number of benzene rings is 2. The number of nitrogens with one attached hydrogen (secondary N) is 1. The predicted molar refractivity (Wildman–Crippen MR) is 105 cm³/mol. The zero-order chi connectivity index (χ0) is 21.3. The van der Waals surface area contributed by atoms with Crippen LogP contribution in [0.25, 0.3) is 0 Å². The van der Waals surface area contributed by atoms with Gasteiger partial charge in [-0.25, -0.2) is 0 Å². The summed E-state index contributed by atoms with van der Waals surface area (Å²) in [6.07, 6.45) is -2.25. The molecule has 2 amide bonds. The van der Waals surface area contributed by atoms with Crippen molar-refractivity contribution in [2.75, 3.05) is 6.54 Å². The van der Waals surface area contributed by atoms with E-state index in [1.165, 1.54) is 12.1 Å². The van der Waals surface area contributed by atoms with Crippen molar-refractivity contribution in [3.63, 3.8) is 0 Å². The van der Waals surface area contributed by atoms with E-state index in [4.69, 9.17) is 0 Å². The van der Waals surface area contributed by atoms with Crippen LogP contribution >= 0.6 is 0 Å². The number of alkyl halides is 3. The number of likely N-dealkylation sites (tertiary alicyclic amines) is 1. The molecule has 2 aliphatic rings. The fourth-order valence-corrected chi connectivity index (χ4v) is 4.05. The molecule has 0 radical (unpaired) electrons. The smallest absolute Gasteiger partial charge is 0.352 e. The molecule has 0 bridgehead atoms. The third-order valence-corrected chi connectivity index (χ3v) is 5.90. The number of halogens is 3. The molecule has 1 saturated carbocycles. The van der Waals surface area contributed by atoms with Crippen LogP contribution in [0.4, 0.5) is 13.2 Å². The van der Waals surface area contributed by atoms with Crippen molar-refractivity contribution in [2.45, 2.75) is 44.4 Å². The van der Waals surface area contributed by atoms with Gasteiger partial charge in [0.2, 0.25) is 11.8 Å². The zero-order valence-corrected chi connectivity index (χ0v) is 16.4. The minimum Gasteiger partial charge on any atom is -0.352 e. The van der Waals surface area contributed by atoms with Gasteiger partial charge in [-0.05, 0) is 47.6 Å². The third kappa shape index (κ3) is 4.50. The fraction of sp³-hybridized carbons (Fsp3) is 0.391. The molecule has 1 aliphatic carbocycles. The number of nitrogens with zero attached hydrogens (tertiary/aromatic N) is 1. The average Bonchev–Trinajstić information content (AvgIpc) is 3.43. The topological polar surface area (TPSA) is 49.4 Å². The van der Waals surface area contributed by atoms with Crippen molar-refractivity contribution in [3.05, 3.63) is 70.8 Å². The third-order valence-electron chi connectivity index (χ3n) is 5.90. The molecule has 0 aromatic heterocycles. The van der Waals surface area contributed by atoms with Gasteiger partial charge in [0.25, 0.3) is 0 Å². The normalized spacial score (nSPS) is 21.0. The highest BCUT2D eigenvalue weighted by Crippen LogP contribution is 2.48. The van der Waals surface area contributed by atoms with E-state index in [1.807, 2.05) is 29.2 Å². The van der Waals surface area contributed by atoms with E-state index in [0.29, 0.717) is 25.9 Å². The fourth-order valence-electron chi connectivity index (χ4n) is 4.05. The van der Waals surface area contributed by atoms with Crippen molar-refractivity contribution in [2.24, 2.45) is 5.92 Å². The molecule has 2 aromatic rings. The van der Waals surface area contributed by atoms with Gasteiger partial charge in [0, 0.05) is 32.0 Å². The first-order chi connectivity index (χ1) is 14.3. The molecule has 7 heteroatoms. The Bertz CT molecular complexity index is 940. The van der Waals surface area contributed by atoms with Gasteiger partial charge in [-0.2, -0.15) is 13.2 Å². The van der Waals surface area contributed by atoms with E-state index >= 15 is 0 Å². The Morgan fingerprint density at radius 1 is 1.07 bits per heavy atom. The lowest BCUT2D eigenvalue weighted by Gasteiger charge is -2.18. The maximum Gasteiger partial charge on any atom is 0.416 e. The summed E-state index contributed by atoms with van der Waals surface area (Å²) in [7, 11) is 0. The first kappa shape index (κ1) is 20.4.